The molecule has 1 saturated heterocycles. The third-order valence-corrected chi connectivity index (χ3v) is 3.65. The second-order valence-corrected chi connectivity index (χ2v) is 4.88. The van der Waals surface area contributed by atoms with Crippen LogP contribution in [-0.4, -0.2) is 34.9 Å². The van der Waals surface area contributed by atoms with Gasteiger partial charge >= 0.3 is 0 Å². The zero-order valence-electron chi connectivity index (χ0n) is 11.7. The Hall–Kier alpha value is -1.79. The molecule has 2 aromatic rings. The number of aromatic nitrogens is 3. The first kappa shape index (κ1) is 13.2. The van der Waals surface area contributed by atoms with E-state index in [1.54, 1.807) is 13.3 Å². The number of aryl methyl sites for hydroxylation is 1. The number of ether oxygens (including phenoxy) is 1. The monoisotopic (exact) mass is 274 g/mol. The van der Waals surface area contributed by atoms with E-state index in [9.17, 15) is 0 Å². The van der Waals surface area contributed by atoms with Gasteiger partial charge in [0.05, 0.1) is 12.1 Å². The Morgan fingerprint density at radius 3 is 3.15 bits per heavy atom. The molecule has 1 aliphatic heterocycles. The molecule has 3 heterocycles. The lowest BCUT2D eigenvalue weighted by Crippen LogP contribution is -2.16. The van der Waals surface area contributed by atoms with E-state index in [1.807, 2.05) is 12.1 Å². The first-order valence-corrected chi connectivity index (χ1v) is 6.85. The van der Waals surface area contributed by atoms with Crippen molar-refractivity contribution in [2.24, 2.45) is 0 Å². The molecule has 0 aliphatic carbocycles. The molecule has 3 rings (SSSR count). The maximum absolute atomic E-state index is 5.38. The van der Waals surface area contributed by atoms with Gasteiger partial charge in [-0.15, -0.1) is 0 Å². The molecule has 20 heavy (non-hydrogen) atoms. The van der Waals surface area contributed by atoms with Gasteiger partial charge in [-0.05, 0) is 24.5 Å². The number of nitrogens with zero attached hydrogens (tertiary/aromatic N) is 3. The third-order valence-electron chi connectivity index (χ3n) is 3.65. The first-order chi connectivity index (χ1) is 9.81. The van der Waals surface area contributed by atoms with Crippen LogP contribution in [0.25, 0.3) is 11.5 Å². The van der Waals surface area contributed by atoms with Crippen LogP contribution in [0.1, 0.15) is 30.8 Å². The van der Waals surface area contributed by atoms with Crippen molar-refractivity contribution >= 4 is 0 Å². The van der Waals surface area contributed by atoms with Gasteiger partial charge in [0, 0.05) is 19.9 Å². The quantitative estimate of drug-likeness (QED) is 0.915. The molecule has 6 nitrogen and oxygen atoms in total. The average molecular weight is 274 g/mol. The number of nitrogens with one attached hydrogen (secondary N) is 1. The van der Waals surface area contributed by atoms with E-state index in [2.05, 4.69) is 27.4 Å². The highest BCUT2D eigenvalue weighted by Crippen LogP contribution is 2.26. The second kappa shape index (κ2) is 5.68. The van der Waals surface area contributed by atoms with Crippen LogP contribution >= 0.6 is 0 Å². The van der Waals surface area contributed by atoms with E-state index in [-0.39, 0.29) is 12.1 Å². The SMILES string of the molecule is CCc1cccnc1-c1noc([C@H]2C[C@H](OC)CN2)n1. The van der Waals surface area contributed by atoms with Gasteiger partial charge in [-0.1, -0.05) is 18.1 Å². The number of hydrogen-bond donors (Lipinski definition) is 1. The predicted molar refractivity (Wildman–Crippen MR) is 73.1 cm³/mol. The lowest BCUT2D eigenvalue weighted by molar-refractivity contribution is 0.116. The molecule has 0 unspecified atom stereocenters. The molecule has 106 valence electrons. The van der Waals surface area contributed by atoms with Gasteiger partial charge in [-0.3, -0.25) is 4.98 Å². The van der Waals surface area contributed by atoms with Gasteiger partial charge in [0.15, 0.2) is 0 Å². The normalized spacial score (nSPS) is 22.3. The maximum atomic E-state index is 5.38. The molecule has 0 bridgehead atoms. The van der Waals surface area contributed by atoms with Crippen LogP contribution in [0.15, 0.2) is 22.9 Å². The minimum absolute atomic E-state index is 0.0648. The van der Waals surface area contributed by atoms with Crippen molar-refractivity contribution in [2.45, 2.75) is 31.9 Å². The van der Waals surface area contributed by atoms with Crippen LogP contribution in [0.3, 0.4) is 0 Å². The van der Waals surface area contributed by atoms with Gasteiger partial charge in [-0.25, -0.2) is 0 Å². The number of pyridine rings is 1. The number of methoxy groups -OCH3 is 1. The summed E-state index contributed by atoms with van der Waals surface area (Å²) in [5, 5.41) is 7.39. The Bertz CT molecular complexity index is 584. The summed E-state index contributed by atoms with van der Waals surface area (Å²) in [6.07, 6.45) is 3.69. The van der Waals surface area contributed by atoms with Crippen LogP contribution in [0, 0.1) is 0 Å². The van der Waals surface area contributed by atoms with Gasteiger partial charge in [0.1, 0.15) is 5.69 Å². The summed E-state index contributed by atoms with van der Waals surface area (Å²) in [4.78, 5) is 8.84. The summed E-state index contributed by atoms with van der Waals surface area (Å²) in [6, 6.07) is 4.02. The summed E-state index contributed by atoms with van der Waals surface area (Å²) in [5.74, 6) is 1.16. The fraction of sp³-hybridized carbons (Fsp3) is 0.500. The highest BCUT2D eigenvalue weighted by molar-refractivity contribution is 5.53. The molecule has 2 aromatic heterocycles. The zero-order valence-corrected chi connectivity index (χ0v) is 11.7. The molecule has 0 radical (unpaired) electrons. The topological polar surface area (TPSA) is 73.1 Å². The van der Waals surface area contributed by atoms with Crippen LogP contribution in [0.4, 0.5) is 0 Å². The number of hydrogen-bond acceptors (Lipinski definition) is 6. The van der Waals surface area contributed by atoms with Crippen LogP contribution in [0.2, 0.25) is 0 Å². The van der Waals surface area contributed by atoms with E-state index in [1.165, 1.54) is 0 Å². The summed E-state index contributed by atoms with van der Waals surface area (Å²) < 4.78 is 10.7. The Balaban J connectivity index is 1.83. The summed E-state index contributed by atoms with van der Waals surface area (Å²) in [7, 11) is 1.72. The molecule has 0 amide bonds. The van der Waals surface area contributed by atoms with E-state index in [0.717, 1.165) is 30.6 Å². The largest absolute Gasteiger partial charge is 0.380 e. The molecule has 2 atom stereocenters. The Labute approximate surface area is 117 Å². The summed E-state index contributed by atoms with van der Waals surface area (Å²) >= 11 is 0. The van der Waals surface area contributed by atoms with Gasteiger partial charge in [-0.2, -0.15) is 4.98 Å². The predicted octanol–water partition coefficient (Wildman–Crippen LogP) is 1.74. The molecule has 0 saturated carbocycles. The lowest BCUT2D eigenvalue weighted by Gasteiger charge is -2.04. The standard InChI is InChI=1S/C14H18N4O2/c1-3-9-5-4-6-15-12(9)13-17-14(20-18-13)11-7-10(19-2)8-16-11/h4-6,10-11,16H,3,7-8H2,1-2H3/t10-,11+/m0/s1. The Kier molecular flexibility index (Phi) is 3.75. The van der Waals surface area contributed by atoms with Gasteiger partial charge in [0.25, 0.3) is 0 Å². The minimum atomic E-state index is 0.0648. The Morgan fingerprint density at radius 1 is 1.50 bits per heavy atom. The van der Waals surface area contributed by atoms with Crippen molar-refractivity contribution in [3.05, 3.63) is 29.8 Å². The van der Waals surface area contributed by atoms with Crippen LogP contribution < -0.4 is 5.32 Å². The van der Waals surface area contributed by atoms with Crippen molar-refractivity contribution < 1.29 is 9.26 Å². The first-order valence-electron chi connectivity index (χ1n) is 6.85. The molecular formula is C14H18N4O2. The van der Waals surface area contributed by atoms with E-state index < -0.39 is 0 Å². The second-order valence-electron chi connectivity index (χ2n) is 4.88. The Morgan fingerprint density at radius 2 is 2.40 bits per heavy atom. The lowest BCUT2D eigenvalue weighted by atomic mass is 10.1. The minimum Gasteiger partial charge on any atom is -0.380 e. The highest BCUT2D eigenvalue weighted by atomic mass is 16.5. The number of rotatable bonds is 4. The highest BCUT2D eigenvalue weighted by Gasteiger charge is 2.29. The molecular weight excluding hydrogens is 256 g/mol. The molecule has 0 aromatic carbocycles. The van der Waals surface area contributed by atoms with E-state index >= 15 is 0 Å². The zero-order chi connectivity index (χ0) is 13.9. The van der Waals surface area contributed by atoms with Crippen molar-refractivity contribution in [3.63, 3.8) is 0 Å². The molecule has 1 fully saturated rings. The van der Waals surface area contributed by atoms with Gasteiger partial charge < -0.3 is 14.6 Å². The molecule has 1 N–H and O–H groups in total. The molecule has 6 heteroatoms. The van der Waals surface area contributed by atoms with Crippen molar-refractivity contribution in [1.29, 1.82) is 0 Å². The van der Waals surface area contributed by atoms with Crippen molar-refractivity contribution in [2.75, 3.05) is 13.7 Å². The molecule has 0 spiro atoms. The van der Waals surface area contributed by atoms with Crippen molar-refractivity contribution in [3.8, 4) is 11.5 Å². The smallest absolute Gasteiger partial charge is 0.244 e. The van der Waals surface area contributed by atoms with Crippen LogP contribution in [-0.2, 0) is 11.2 Å². The molecule has 1 aliphatic rings. The average Bonchev–Trinajstić information content (AvgIpc) is 3.15. The maximum Gasteiger partial charge on any atom is 0.244 e. The van der Waals surface area contributed by atoms with Gasteiger partial charge in [0.2, 0.25) is 11.7 Å². The fourth-order valence-corrected chi connectivity index (χ4v) is 2.47. The third kappa shape index (κ3) is 2.44. The van der Waals surface area contributed by atoms with E-state index in [0.29, 0.717) is 11.7 Å². The van der Waals surface area contributed by atoms with Crippen molar-refractivity contribution in [1.82, 2.24) is 20.4 Å². The van der Waals surface area contributed by atoms with E-state index in [4.69, 9.17) is 9.26 Å². The summed E-state index contributed by atoms with van der Waals surface area (Å²) in [6.45, 7) is 2.89. The summed E-state index contributed by atoms with van der Waals surface area (Å²) in [5.41, 5.74) is 1.92. The van der Waals surface area contributed by atoms with Crippen LogP contribution in [0.5, 0.6) is 0 Å². The fourth-order valence-electron chi connectivity index (χ4n) is 2.47.